The quantitative estimate of drug-likeness (QED) is 0.644. The molecular formula is C22H30Cl2N6O2. The third kappa shape index (κ3) is 4.78. The number of aromatic hydroxyl groups is 1. The van der Waals surface area contributed by atoms with Crippen molar-refractivity contribution >= 4 is 42.6 Å². The van der Waals surface area contributed by atoms with Gasteiger partial charge in [-0.15, -0.1) is 35.0 Å². The summed E-state index contributed by atoms with van der Waals surface area (Å²) in [5.41, 5.74) is 2.47. The first-order chi connectivity index (χ1) is 14.7. The number of carbonyl (C=O) groups excluding carboxylic acids is 1. The molecule has 0 amide bonds. The largest absolute Gasteiger partial charge is 0.507 e. The zero-order chi connectivity index (χ0) is 20.5. The number of hydrogen-bond donors (Lipinski definition) is 2. The molecule has 1 aromatic carbocycles. The van der Waals surface area contributed by atoms with Crippen LogP contribution in [-0.2, 0) is 4.79 Å². The van der Waals surface area contributed by atoms with E-state index in [1.807, 2.05) is 24.3 Å². The first kappa shape index (κ1) is 24.5. The number of nitrogens with one attached hydrogen (secondary N) is 1. The van der Waals surface area contributed by atoms with Gasteiger partial charge >= 0.3 is 0 Å². The number of phenolic OH excluding ortho intramolecular Hbond substituents is 1. The fourth-order valence-corrected chi connectivity index (χ4v) is 5.04. The van der Waals surface area contributed by atoms with Gasteiger partial charge in [-0.25, -0.2) is 0 Å². The number of piperazine rings is 1. The molecule has 2 saturated heterocycles. The Labute approximate surface area is 200 Å². The minimum atomic E-state index is 0. The minimum Gasteiger partial charge on any atom is -0.507 e. The molecule has 5 rings (SSSR count). The number of halogens is 2. The van der Waals surface area contributed by atoms with E-state index in [1.54, 1.807) is 6.07 Å². The Morgan fingerprint density at radius 3 is 2.59 bits per heavy atom. The van der Waals surface area contributed by atoms with Crippen LogP contribution in [0.1, 0.15) is 12.8 Å². The highest BCUT2D eigenvalue weighted by Gasteiger charge is 2.36. The summed E-state index contributed by atoms with van der Waals surface area (Å²) < 4.78 is 0. The van der Waals surface area contributed by atoms with Crippen LogP contribution >= 0.6 is 24.8 Å². The number of para-hydroxylation sites is 1. The molecule has 2 N–H and O–H groups in total. The lowest BCUT2D eigenvalue weighted by Crippen LogP contribution is -2.61. The van der Waals surface area contributed by atoms with Crippen LogP contribution in [0, 0.1) is 0 Å². The summed E-state index contributed by atoms with van der Waals surface area (Å²) in [7, 11) is 0. The standard InChI is InChI=1S/C22H28N6O2.2ClH/c29-12-11-26-7-5-16(6-8-26)27-9-10-28-17(15-27)14-23-22-20(28)13-19(24-25-22)18-3-1-2-4-21(18)30;;/h1-4,12-13,16-17,30H,5-11,14-15H2,(H,23,25);2*1H/t17-;;/m0../s1. The number of fused-ring (bicyclic) bond motifs is 3. The van der Waals surface area contributed by atoms with Gasteiger partial charge in [0.05, 0.1) is 24.0 Å². The van der Waals surface area contributed by atoms with Gasteiger partial charge in [0.2, 0.25) is 0 Å². The van der Waals surface area contributed by atoms with Crippen LogP contribution in [0.25, 0.3) is 11.3 Å². The smallest absolute Gasteiger partial charge is 0.172 e. The average molecular weight is 481 g/mol. The number of likely N-dealkylation sites (tertiary alicyclic amines) is 1. The molecule has 10 heteroatoms. The van der Waals surface area contributed by atoms with E-state index in [2.05, 4.69) is 30.2 Å². The Kier molecular flexibility index (Phi) is 8.16. The zero-order valence-electron chi connectivity index (χ0n) is 17.9. The molecule has 8 nitrogen and oxygen atoms in total. The van der Waals surface area contributed by atoms with Crippen molar-refractivity contribution in [3.63, 3.8) is 0 Å². The summed E-state index contributed by atoms with van der Waals surface area (Å²) in [4.78, 5) is 18.1. The highest BCUT2D eigenvalue weighted by atomic mass is 35.5. The Morgan fingerprint density at radius 2 is 1.84 bits per heavy atom. The predicted molar refractivity (Wildman–Crippen MR) is 130 cm³/mol. The normalized spacial score (nSPS) is 21.4. The van der Waals surface area contributed by atoms with E-state index in [9.17, 15) is 9.90 Å². The molecule has 3 aliphatic rings. The number of aldehydes is 1. The number of phenols is 1. The first-order valence-corrected chi connectivity index (χ1v) is 10.8. The summed E-state index contributed by atoms with van der Waals surface area (Å²) in [6.45, 7) is 6.45. The molecule has 174 valence electrons. The van der Waals surface area contributed by atoms with Gasteiger partial charge < -0.3 is 20.1 Å². The fraction of sp³-hybridized carbons (Fsp3) is 0.500. The SMILES string of the molecule is Cl.Cl.O=CCN1CCC(N2CCN3c4cc(-c5ccccc5O)nnc4NC[C@H]3C2)CC1. The summed E-state index contributed by atoms with van der Waals surface area (Å²) >= 11 is 0. The van der Waals surface area contributed by atoms with Crippen LogP contribution in [0.3, 0.4) is 0 Å². The molecule has 1 atom stereocenters. The Balaban J connectivity index is 0.00000144. The van der Waals surface area contributed by atoms with Crippen molar-refractivity contribution in [1.82, 2.24) is 20.0 Å². The van der Waals surface area contributed by atoms with E-state index in [0.29, 0.717) is 29.9 Å². The van der Waals surface area contributed by atoms with Crippen LogP contribution < -0.4 is 10.2 Å². The van der Waals surface area contributed by atoms with Crippen molar-refractivity contribution in [3.8, 4) is 17.0 Å². The molecule has 0 spiro atoms. The topological polar surface area (TPSA) is 84.8 Å². The molecule has 0 aliphatic carbocycles. The van der Waals surface area contributed by atoms with Gasteiger partial charge in [0.1, 0.15) is 12.0 Å². The van der Waals surface area contributed by atoms with E-state index < -0.39 is 0 Å². The summed E-state index contributed by atoms with van der Waals surface area (Å²) in [6.07, 6.45) is 3.28. The molecule has 4 heterocycles. The fourth-order valence-electron chi connectivity index (χ4n) is 5.04. The molecule has 0 unspecified atom stereocenters. The number of hydrogen-bond acceptors (Lipinski definition) is 8. The number of anilines is 2. The van der Waals surface area contributed by atoms with E-state index >= 15 is 0 Å². The summed E-state index contributed by atoms with van der Waals surface area (Å²) in [5.74, 6) is 1.04. The van der Waals surface area contributed by atoms with Gasteiger partial charge in [-0.1, -0.05) is 12.1 Å². The molecule has 0 bridgehead atoms. The van der Waals surface area contributed by atoms with Crippen molar-refractivity contribution in [3.05, 3.63) is 30.3 Å². The van der Waals surface area contributed by atoms with Crippen molar-refractivity contribution < 1.29 is 9.90 Å². The van der Waals surface area contributed by atoms with Gasteiger partial charge in [0.25, 0.3) is 0 Å². The Bertz CT molecular complexity index is 925. The van der Waals surface area contributed by atoms with Crippen LogP contribution in [0.4, 0.5) is 11.5 Å². The first-order valence-electron chi connectivity index (χ1n) is 10.8. The zero-order valence-corrected chi connectivity index (χ0v) is 19.5. The third-order valence-electron chi connectivity index (χ3n) is 6.69. The lowest BCUT2D eigenvalue weighted by atomic mass is 9.99. The van der Waals surface area contributed by atoms with Crippen LogP contribution in [-0.4, -0.2) is 89.3 Å². The predicted octanol–water partition coefficient (Wildman–Crippen LogP) is 2.27. The van der Waals surface area contributed by atoms with Gasteiger partial charge in [-0.2, -0.15) is 0 Å². The second-order valence-corrected chi connectivity index (χ2v) is 8.40. The van der Waals surface area contributed by atoms with Crippen molar-refractivity contribution in [1.29, 1.82) is 0 Å². The summed E-state index contributed by atoms with van der Waals surface area (Å²) in [6, 6.07) is 10.3. The Hall–Kier alpha value is -2.13. The number of benzene rings is 1. The van der Waals surface area contributed by atoms with E-state index in [-0.39, 0.29) is 30.6 Å². The van der Waals surface area contributed by atoms with Crippen LogP contribution in [0.15, 0.2) is 30.3 Å². The number of piperidine rings is 1. The maximum atomic E-state index is 10.8. The average Bonchev–Trinajstić information content (AvgIpc) is 2.79. The maximum absolute atomic E-state index is 10.8. The monoisotopic (exact) mass is 480 g/mol. The van der Waals surface area contributed by atoms with E-state index in [4.69, 9.17) is 0 Å². The van der Waals surface area contributed by atoms with Crippen molar-refractivity contribution in [2.45, 2.75) is 24.9 Å². The summed E-state index contributed by atoms with van der Waals surface area (Å²) in [5, 5.41) is 22.4. The molecule has 32 heavy (non-hydrogen) atoms. The molecule has 0 radical (unpaired) electrons. The van der Waals surface area contributed by atoms with Crippen molar-refractivity contribution in [2.24, 2.45) is 0 Å². The Morgan fingerprint density at radius 1 is 1.06 bits per heavy atom. The van der Waals surface area contributed by atoms with Gasteiger partial charge in [-0.3, -0.25) is 9.80 Å². The molecular weight excluding hydrogens is 451 g/mol. The third-order valence-corrected chi connectivity index (χ3v) is 6.69. The van der Waals surface area contributed by atoms with Crippen LogP contribution in [0.5, 0.6) is 5.75 Å². The van der Waals surface area contributed by atoms with Gasteiger partial charge in [-0.05, 0) is 31.0 Å². The van der Waals surface area contributed by atoms with Crippen molar-refractivity contribution in [2.75, 3.05) is 56.0 Å². The molecule has 1 aromatic heterocycles. The molecule has 2 aromatic rings. The minimum absolute atomic E-state index is 0. The van der Waals surface area contributed by atoms with Crippen LogP contribution in [0.2, 0.25) is 0 Å². The van der Waals surface area contributed by atoms with E-state index in [1.165, 1.54) is 0 Å². The lowest BCUT2D eigenvalue weighted by Gasteiger charge is -2.49. The molecule has 3 aliphatic heterocycles. The maximum Gasteiger partial charge on any atom is 0.172 e. The highest BCUT2D eigenvalue weighted by molar-refractivity contribution is 5.85. The molecule has 2 fully saturated rings. The number of rotatable bonds is 4. The second kappa shape index (κ2) is 10.7. The highest BCUT2D eigenvalue weighted by Crippen LogP contribution is 2.36. The number of carbonyl (C=O) groups is 1. The number of nitrogens with zero attached hydrogens (tertiary/aromatic N) is 5. The lowest BCUT2D eigenvalue weighted by molar-refractivity contribution is -0.109. The molecule has 0 saturated carbocycles. The second-order valence-electron chi connectivity index (χ2n) is 8.40. The van der Waals surface area contributed by atoms with Gasteiger partial charge in [0.15, 0.2) is 5.82 Å². The van der Waals surface area contributed by atoms with E-state index in [0.717, 1.165) is 69.9 Å². The van der Waals surface area contributed by atoms with Gasteiger partial charge in [0, 0.05) is 50.9 Å². The number of aromatic nitrogens is 2.